The Morgan fingerprint density at radius 1 is 1.47 bits per heavy atom. The van der Waals surface area contributed by atoms with Crippen molar-refractivity contribution in [3.8, 4) is 17.6 Å². The molecule has 0 amide bonds. The molecule has 1 aliphatic rings. The zero-order chi connectivity index (χ0) is 12.1. The van der Waals surface area contributed by atoms with Crippen LogP contribution < -0.4 is 4.74 Å². The summed E-state index contributed by atoms with van der Waals surface area (Å²) in [7, 11) is 0. The molecular formula is C13H13FO3. The molecule has 1 N–H and O–H groups in total. The van der Waals surface area contributed by atoms with Crippen LogP contribution in [0.5, 0.6) is 5.75 Å². The van der Waals surface area contributed by atoms with Crippen molar-refractivity contribution >= 4 is 0 Å². The van der Waals surface area contributed by atoms with E-state index in [1.165, 1.54) is 12.1 Å². The van der Waals surface area contributed by atoms with Crippen LogP contribution in [0.25, 0.3) is 0 Å². The highest BCUT2D eigenvalue weighted by Crippen LogP contribution is 2.20. The molecule has 1 aromatic carbocycles. The number of rotatable bonds is 2. The lowest BCUT2D eigenvalue weighted by Crippen LogP contribution is -2.15. The number of benzene rings is 1. The van der Waals surface area contributed by atoms with Crippen LogP contribution in [-0.2, 0) is 4.74 Å². The standard InChI is InChI=1S/C13H13FO3/c14-11-6-10(2-1-4-15)7-13(8-11)17-12-3-5-16-9-12/h6-8,12,15H,3-5,9H2. The van der Waals surface area contributed by atoms with E-state index in [1.54, 1.807) is 6.07 Å². The van der Waals surface area contributed by atoms with Crippen molar-refractivity contribution < 1.29 is 19.0 Å². The number of aliphatic hydroxyl groups excluding tert-OH is 1. The van der Waals surface area contributed by atoms with Gasteiger partial charge in [0, 0.05) is 18.1 Å². The first-order valence-electron chi connectivity index (χ1n) is 5.42. The number of hydrogen-bond acceptors (Lipinski definition) is 3. The molecule has 1 atom stereocenters. The summed E-state index contributed by atoms with van der Waals surface area (Å²) in [5, 5.41) is 8.58. The molecule has 0 aliphatic carbocycles. The van der Waals surface area contributed by atoms with Gasteiger partial charge in [0.05, 0.1) is 13.2 Å². The lowest BCUT2D eigenvalue weighted by atomic mass is 10.2. The lowest BCUT2D eigenvalue weighted by molar-refractivity contribution is 0.141. The van der Waals surface area contributed by atoms with Crippen molar-refractivity contribution in [1.29, 1.82) is 0 Å². The van der Waals surface area contributed by atoms with Crippen LogP contribution in [0.4, 0.5) is 4.39 Å². The summed E-state index contributed by atoms with van der Waals surface area (Å²) in [5.41, 5.74) is 0.493. The number of hydrogen-bond donors (Lipinski definition) is 1. The Balaban J connectivity index is 2.12. The fraction of sp³-hybridized carbons (Fsp3) is 0.385. The molecule has 0 aromatic heterocycles. The van der Waals surface area contributed by atoms with Crippen molar-refractivity contribution in [3.63, 3.8) is 0 Å². The topological polar surface area (TPSA) is 38.7 Å². The zero-order valence-corrected chi connectivity index (χ0v) is 9.28. The van der Waals surface area contributed by atoms with Gasteiger partial charge in [-0.3, -0.25) is 0 Å². The molecule has 4 heteroatoms. The van der Waals surface area contributed by atoms with Crippen LogP contribution in [0.15, 0.2) is 18.2 Å². The molecule has 1 fully saturated rings. The van der Waals surface area contributed by atoms with E-state index in [-0.39, 0.29) is 12.7 Å². The molecule has 0 saturated carbocycles. The summed E-state index contributed by atoms with van der Waals surface area (Å²) in [6, 6.07) is 4.28. The minimum Gasteiger partial charge on any atom is -0.488 e. The van der Waals surface area contributed by atoms with Crippen LogP contribution in [0.3, 0.4) is 0 Å². The van der Waals surface area contributed by atoms with Gasteiger partial charge in [0.2, 0.25) is 0 Å². The third-order valence-electron chi connectivity index (χ3n) is 2.37. The van der Waals surface area contributed by atoms with Crippen molar-refractivity contribution in [3.05, 3.63) is 29.6 Å². The number of halogens is 1. The van der Waals surface area contributed by atoms with E-state index < -0.39 is 5.82 Å². The van der Waals surface area contributed by atoms with E-state index >= 15 is 0 Å². The highest BCUT2D eigenvalue weighted by Gasteiger charge is 2.17. The third-order valence-corrected chi connectivity index (χ3v) is 2.37. The first-order valence-corrected chi connectivity index (χ1v) is 5.42. The molecule has 0 spiro atoms. The van der Waals surface area contributed by atoms with Crippen molar-refractivity contribution in [2.24, 2.45) is 0 Å². The first-order chi connectivity index (χ1) is 8.28. The van der Waals surface area contributed by atoms with Crippen molar-refractivity contribution in [1.82, 2.24) is 0 Å². The second-order valence-electron chi connectivity index (χ2n) is 3.74. The van der Waals surface area contributed by atoms with E-state index in [9.17, 15) is 4.39 Å². The molecular weight excluding hydrogens is 223 g/mol. The van der Waals surface area contributed by atoms with Gasteiger partial charge in [-0.15, -0.1) is 0 Å². The normalized spacial score (nSPS) is 18.6. The van der Waals surface area contributed by atoms with Gasteiger partial charge in [-0.2, -0.15) is 0 Å². The second-order valence-corrected chi connectivity index (χ2v) is 3.74. The van der Waals surface area contributed by atoms with Gasteiger partial charge >= 0.3 is 0 Å². The van der Waals surface area contributed by atoms with Gasteiger partial charge in [0.15, 0.2) is 0 Å². The first kappa shape index (κ1) is 11.9. The van der Waals surface area contributed by atoms with Gasteiger partial charge in [0.1, 0.15) is 24.3 Å². The van der Waals surface area contributed by atoms with Crippen molar-refractivity contribution in [2.45, 2.75) is 12.5 Å². The van der Waals surface area contributed by atoms with Crippen LogP contribution in [-0.4, -0.2) is 31.0 Å². The quantitative estimate of drug-likeness (QED) is 0.787. The summed E-state index contributed by atoms with van der Waals surface area (Å²) in [6.45, 7) is 0.967. The highest BCUT2D eigenvalue weighted by molar-refractivity contribution is 5.40. The van der Waals surface area contributed by atoms with Gasteiger partial charge in [-0.1, -0.05) is 11.8 Å². The highest BCUT2D eigenvalue weighted by atomic mass is 19.1. The Morgan fingerprint density at radius 2 is 2.35 bits per heavy atom. The summed E-state index contributed by atoms with van der Waals surface area (Å²) in [5.74, 6) is 5.17. The van der Waals surface area contributed by atoms with E-state index in [4.69, 9.17) is 14.6 Å². The molecule has 1 saturated heterocycles. The van der Waals surface area contributed by atoms with E-state index in [1.807, 2.05) is 0 Å². The molecule has 2 rings (SSSR count). The Morgan fingerprint density at radius 3 is 3.06 bits per heavy atom. The van der Waals surface area contributed by atoms with E-state index in [0.29, 0.717) is 24.5 Å². The molecule has 1 aromatic rings. The van der Waals surface area contributed by atoms with Gasteiger partial charge < -0.3 is 14.6 Å². The predicted molar refractivity (Wildman–Crippen MR) is 60.2 cm³/mol. The summed E-state index contributed by atoms with van der Waals surface area (Å²) in [4.78, 5) is 0. The molecule has 3 nitrogen and oxygen atoms in total. The van der Waals surface area contributed by atoms with Gasteiger partial charge in [-0.05, 0) is 12.1 Å². The largest absolute Gasteiger partial charge is 0.488 e. The van der Waals surface area contributed by atoms with Crippen molar-refractivity contribution in [2.75, 3.05) is 19.8 Å². The zero-order valence-electron chi connectivity index (χ0n) is 9.28. The Bertz CT molecular complexity index is 442. The minimum atomic E-state index is -0.399. The average molecular weight is 236 g/mol. The van der Waals surface area contributed by atoms with Crippen LogP contribution in [0, 0.1) is 17.7 Å². The van der Waals surface area contributed by atoms with E-state index in [0.717, 1.165) is 6.42 Å². The van der Waals surface area contributed by atoms with Crippen LogP contribution >= 0.6 is 0 Å². The maximum Gasteiger partial charge on any atom is 0.128 e. The maximum atomic E-state index is 13.3. The Kier molecular flexibility index (Phi) is 3.97. The predicted octanol–water partition coefficient (Wildman–Crippen LogP) is 1.34. The summed E-state index contributed by atoms with van der Waals surface area (Å²) < 4.78 is 24.0. The fourth-order valence-electron chi connectivity index (χ4n) is 1.64. The Hall–Kier alpha value is -1.57. The molecule has 0 bridgehead atoms. The third kappa shape index (κ3) is 3.45. The fourth-order valence-corrected chi connectivity index (χ4v) is 1.64. The molecule has 0 radical (unpaired) electrons. The van der Waals surface area contributed by atoms with Gasteiger partial charge in [0.25, 0.3) is 0 Å². The molecule has 1 unspecified atom stereocenters. The number of aliphatic hydroxyl groups is 1. The maximum absolute atomic E-state index is 13.3. The molecule has 90 valence electrons. The van der Waals surface area contributed by atoms with Gasteiger partial charge in [-0.25, -0.2) is 4.39 Å². The monoisotopic (exact) mass is 236 g/mol. The molecule has 17 heavy (non-hydrogen) atoms. The number of ether oxygens (including phenoxy) is 2. The summed E-state index contributed by atoms with van der Waals surface area (Å²) in [6.07, 6.45) is 0.796. The second kappa shape index (κ2) is 5.67. The smallest absolute Gasteiger partial charge is 0.128 e. The van der Waals surface area contributed by atoms with Crippen LogP contribution in [0.2, 0.25) is 0 Å². The average Bonchev–Trinajstić information content (AvgIpc) is 2.78. The minimum absolute atomic E-state index is 0.0181. The summed E-state index contributed by atoms with van der Waals surface area (Å²) >= 11 is 0. The Labute approximate surface area is 99.2 Å². The SMILES string of the molecule is OCC#Cc1cc(F)cc(OC2CCOC2)c1. The lowest BCUT2D eigenvalue weighted by Gasteiger charge is -2.11. The van der Waals surface area contributed by atoms with E-state index in [2.05, 4.69) is 11.8 Å². The molecule has 1 aliphatic heterocycles. The molecule has 1 heterocycles. The van der Waals surface area contributed by atoms with Crippen LogP contribution in [0.1, 0.15) is 12.0 Å².